The first-order valence-corrected chi connectivity index (χ1v) is 27.7. The number of para-hydroxylation sites is 1. The van der Waals surface area contributed by atoms with Gasteiger partial charge in [-0.15, -0.1) is 0 Å². The minimum absolute atomic E-state index is 0.00105. The van der Waals surface area contributed by atoms with Crippen molar-refractivity contribution in [1.29, 1.82) is 0 Å². The van der Waals surface area contributed by atoms with Gasteiger partial charge in [-0.05, 0) is 152 Å². The van der Waals surface area contributed by atoms with E-state index < -0.39 is 5.41 Å². The van der Waals surface area contributed by atoms with Crippen molar-refractivity contribution >= 4 is 56.1 Å². The van der Waals surface area contributed by atoms with Gasteiger partial charge in [0, 0.05) is 39.4 Å². The summed E-state index contributed by atoms with van der Waals surface area (Å²) in [6.07, 6.45) is 0. The van der Waals surface area contributed by atoms with Crippen LogP contribution in [-0.4, -0.2) is 0 Å². The molecule has 79 heavy (non-hydrogen) atoms. The number of anilines is 6. The fraction of sp³-hybridized carbons (Fsp3) is 0.132. The third kappa shape index (κ3) is 8.62. The smallest absolute Gasteiger partial charge is 0.145 e. The number of hydrogen-bond donors (Lipinski definition) is 0. The molecule has 0 fully saturated rings. The Morgan fingerprint density at radius 3 is 1.35 bits per heavy atom. The molecule has 13 rings (SSSR count). The summed E-state index contributed by atoms with van der Waals surface area (Å²) in [7, 11) is 0. The Morgan fingerprint density at radius 2 is 0.823 bits per heavy atom. The average Bonchev–Trinajstić information content (AvgIpc) is 2.98. The minimum Gasteiger partial charge on any atom is -0.455 e. The van der Waals surface area contributed by atoms with Crippen LogP contribution in [0.5, 0.6) is 0 Å². The summed E-state index contributed by atoms with van der Waals surface area (Å²) >= 11 is 0. The lowest BCUT2D eigenvalue weighted by Crippen LogP contribution is -2.29. The fourth-order valence-corrected chi connectivity index (χ4v) is 12.3. The lowest BCUT2D eigenvalue weighted by Gasteiger charge is -2.36. The lowest BCUT2D eigenvalue weighted by molar-refractivity contribution is 0.590. The van der Waals surface area contributed by atoms with Gasteiger partial charge in [-0.1, -0.05) is 235 Å². The van der Waals surface area contributed by atoms with Crippen LogP contribution in [0.2, 0.25) is 0 Å². The molecule has 0 aliphatic heterocycles. The average molecular weight is 1020 g/mol. The molecule has 0 amide bonds. The van der Waals surface area contributed by atoms with Crippen LogP contribution >= 0.6 is 0 Å². The van der Waals surface area contributed by atoms with Crippen molar-refractivity contribution in [1.82, 2.24) is 0 Å². The maximum Gasteiger partial charge on any atom is 0.145 e. The largest absolute Gasteiger partial charge is 0.455 e. The molecule has 1 unspecified atom stereocenters. The third-order valence-corrected chi connectivity index (χ3v) is 16.3. The van der Waals surface area contributed by atoms with Crippen LogP contribution in [0.3, 0.4) is 0 Å². The van der Waals surface area contributed by atoms with Crippen molar-refractivity contribution in [2.45, 2.75) is 64.7 Å². The van der Waals surface area contributed by atoms with Crippen molar-refractivity contribution in [2.24, 2.45) is 0 Å². The van der Waals surface area contributed by atoms with Gasteiger partial charge in [-0.3, -0.25) is 0 Å². The number of furan rings is 1. The van der Waals surface area contributed by atoms with Crippen molar-refractivity contribution < 1.29 is 4.42 Å². The first-order chi connectivity index (χ1) is 38.3. The Morgan fingerprint density at radius 1 is 0.367 bits per heavy atom. The Balaban J connectivity index is 1.11. The third-order valence-electron chi connectivity index (χ3n) is 16.3. The number of hydrogen-bond acceptors (Lipinski definition) is 3. The molecule has 11 aromatic carbocycles. The highest BCUT2D eigenvalue weighted by Crippen LogP contribution is 2.62. The van der Waals surface area contributed by atoms with E-state index in [1.807, 2.05) is 0 Å². The molecule has 0 spiro atoms. The summed E-state index contributed by atoms with van der Waals surface area (Å²) in [5.74, 6) is 0. The highest BCUT2D eigenvalue weighted by atomic mass is 16.3. The molecule has 0 N–H and O–H groups in total. The molecule has 0 radical (unpaired) electrons. The second kappa shape index (κ2) is 19.4. The summed E-state index contributed by atoms with van der Waals surface area (Å²) in [5.41, 5.74) is 22.8. The van der Waals surface area contributed by atoms with Crippen LogP contribution in [0.25, 0.3) is 55.3 Å². The Kier molecular flexibility index (Phi) is 12.1. The molecule has 0 bridgehead atoms. The summed E-state index contributed by atoms with van der Waals surface area (Å²) in [6.45, 7) is 15.9. The predicted octanol–water partition coefficient (Wildman–Crippen LogP) is 21.1. The van der Waals surface area contributed by atoms with Crippen LogP contribution in [0.4, 0.5) is 34.1 Å². The molecule has 12 aromatic rings. The number of fused-ring (bicyclic) bond motifs is 7. The van der Waals surface area contributed by atoms with Gasteiger partial charge >= 0.3 is 0 Å². The molecule has 0 saturated carbocycles. The van der Waals surface area contributed by atoms with E-state index in [9.17, 15) is 0 Å². The Hall–Kier alpha value is -9.18. The van der Waals surface area contributed by atoms with E-state index >= 15 is 0 Å². The molecule has 1 atom stereocenters. The lowest BCUT2D eigenvalue weighted by atomic mass is 9.67. The molecule has 1 heterocycles. The standard InChI is InChI=1S/C76H64N2O/c1-51-20-19-27-59(48-51)76(58-25-15-10-16-26-58)67-49-64(77(61-42-34-56(35-43-61)74(2,3)4)60-38-30-54(31-39-60)52-21-11-8-12-22-52)46-47-65(67)71-68(76)50-69(72-66-28-17-18-29-70(66)79-73(71)72)78(63-44-36-57(37-45-63)75(5,6)7)62-40-32-55(33-41-62)53-23-13-9-14-24-53/h8-50H,1-7H3. The predicted molar refractivity (Wildman–Crippen MR) is 333 cm³/mol. The number of aryl methyl sites for hydroxylation is 1. The van der Waals surface area contributed by atoms with Crippen LogP contribution in [0.1, 0.15) is 80.5 Å². The summed E-state index contributed by atoms with van der Waals surface area (Å²) < 4.78 is 7.41. The first-order valence-electron chi connectivity index (χ1n) is 27.7. The van der Waals surface area contributed by atoms with Crippen LogP contribution in [0, 0.1) is 6.92 Å². The molecular formula is C76H64N2O. The van der Waals surface area contributed by atoms with E-state index in [0.717, 1.165) is 67.2 Å². The van der Waals surface area contributed by atoms with Crippen LogP contribution in [-0.2, 0) is 16.2 Å². The maximum absolute atomic E-state index is 7.41. The van der Waals surface area contributed by atoms with Crippen molar-refractivity contribution in [3.8, 4) is 33.4 Å². The topological polar surface area (TPSA) is 19.6 Å². The van der Waals surface area contributed by atoms with E-state index in [-0.39, 0.29) is 10.8 Å². The number of benzene rings is 11. The van der Waals surface area contributed by atoms with Gasteiger partial charge in [0.15, 0.2) is 0 Å². The second-order valence-corrected chi connectivity index (χ2v) is 23.4. The molecular weight excluding hydrogens is 957 g/mol. The highest BCUT2D eigenvalue weighted by molar-refractivity contribution is 6.19. The number of rotatable bonds is 10. The monoisotopic (exact) mass is 1020 g/mol. The quantitative estimate of drug-likeness (QED) is 0.136. The second-order valence-electron chi connectivity index (χ2n) is 23.4. The molecule has 0 saturated heterocycles. The maximum atomic E-state index is 7.41. The van der Waals surface area contributed by atoms with Gasteiger partial charge in [0.2, 0.25) is 0 Å². The van der Waals surface area contributed by atoms with Crippen molar-refractivity contribution in [2.75, 3.05) is 9.80 Å². The van der Waals surface area contributed by atoms with E-state index in [1.54, 1.807) is 0 Å². The SMILES string of the molecule is Cc1cccc(C2(c3ccccc3)c3cc(N(c4ccc(-c5ccccc5)cc4)c4ccc(C(C)(C)C)cc4)ccc3-c3c2cc(N(c2ccc(-c4ccccc4)cc2)c2ccc(C(C)(C)C)cc2)c2c3oc3ccccc32)c1. The van der Waals surface area contributed by atoms with Gasteiger partial charge in [0.1, 0.15) is 11.2 Å². The molecule has 1 aromatic heterocycles. The van der Waals surface area contributed by atoms with Gasteiger partial charge in [-0.25, -0.2) is 0 Å². The summed E-state index contributed by atoms with van der Waals surface area (Å²) in [5, 5.41) is 2.14. The molecule has 1 aliphatic carbocycles. The normalized spacial score (nSPS) is 14.1. The molecule has 1 aliphatic rings. The first kappa shape index (κ1) is 49.4. The van der Waals surface area contributed by atoms with E-state index in [1.165, 1.54) is 61.2 Å². The van der Waals surface area contributed by atoms with Crippen molar-refractivity contribution in [3.05, 3.63) is 300 Å². The van der Waals surface area contributed by atoms with Gasteiger partial charge in [0.25, 0.3) is 0 Å². The Labute approximate surface area is 465 Å². The van der Waals surface area contributed by atoms with Gasteiger partial charge in [0.05, 0.1) is 16.5 Å². The Bertz CT molecular complexity index is 4160. The van der Waals surface area contributed by atoms with Crippen molar-refractivity contribution in [3.63, 3.8) is 0 Å². The van der Waals surface area contributed by atoms with Gasteiger partial charge in [-0.2, -0.15) is 0 Å². The van der Waals surface area contributed by atoms with E-state index in [4.69, 9.17) is 4.42 Å². The van der Waals surface area contributed by atoms with Crippen LogP contribution in [0.15, 0.2) is 265 Å². The highest BCUT2D eigenvalue weighted by Gasteiger charge is 2.49. The summed E-state index contributed by atoms with van der Waals surface area (Å²) in [4.78, 5) is 4.90. The minimum atomic E-state index is -0.798. The molecule has 3 nitrogen and oxygen atoms in total. The zero-order valence-electron chi connectivity index (χ0n) is 46.1. The fourth-order valence-electron chi connectivity index (χ4n) is 12.3. The van der Waals surface area contributed by atoms with E-state index in [2.05, 4.69) is 319 Å². The molecule has 3 heteroatoms. The van der Waals surface area contributed by atoms with E-state index in [0.29, 0.717) is 0 Å². The number of nitrogens with zero attached hydrogens (tertiary/aromatic N) is 2. The van der Waals surface area contributed by atoms with Gasteiger partial charge < -0.3 is 14.2 Å². The zero-order valence-corrected chi connectivity index (χ0v) is 46.1. The zero-order chi connectivity index (χ0) is 54.0. The van der Waals surface area contributed by atoms with Crippen LogP contribution < -0.4 is 9.80 Å². The molecule has 384 valence electrons. The summed E-state index contributed by atoms with van der Waals surface area (Å²) in [6, 6.07) is 96.4.